The van der Waals surface area contributed by atoms with Crippen molar-refractivity contribution in [3.63, 3.8) is 0 Å². The third kappa shape index (κ3) is 3.21. The van der Waals surface area contributed by atoms with Gasteiger partial charge in [0.05, 0.1) is 0 Å². The maximum absolute atomic E-state index is 5.60. The molecule has 0 saturated heterocycles. The number of hydrogen-bond donors (Lipinski definition) is 1. The van der Waals surface area contributed by atoms with Crippen molar-refractivity contribution in [1.82, 2.24) is 0 Å². The maximum atomic E-state index is 5.60. The topological polar surface area (TPSA) is 26.0 Å². The molecule has 0 aliphatic carbocycles. The molecule has 0 radical (unpaired) electrons. The minimum atomic E-state index is 0.715. The molecule has 0 spiro atoms. The first kappa shape index (κ1) is 12.8. The molecule has 0 fully saturated rings. The monoisotopic (exact) mass is 239 g/mol. The van der Waals surface area contributed by atoms with Crippen LogP contribution in [0.5, 0.6) is 0 Å². The van der Waals surface area contributed by atoms with Crippen molar-refractivity contribution in [2.24, 2.45) is 5.73 Å². The van der Waals surface area contributed by atoms with E-state index in [1.807, 2.05) is 0 Å². The highest BCUT2D eigenvalue weighted by Crippen LogP contribution is 2.16. The molecule has 0 aromatic heterocycles. The largest absolute Gasteiger partial charge is 0.330 e. The zero-order valence-corrected chi connectivity index (χ0v) is 11.2. The van der Waals surface area contributed by atoms with E-state index in [2.05, 4.69) is 56.3 Å². The Morgan fingerprint density at radius 1 is 0.944 bits per heavy atom. The molecule has 1 nitrogen and oxygen atoms in total. The van der Waals surface area contributed by atoms with Crippen LogP contribution < -0.4 is 5.73 Å². The first-order chi connectivity index (χ1) is 8.69. The highest BCUT2D eigenvalue weighted by Gasteiger charge is 2.01. The zero-order valence-electron chi connectivity index (χ0n) is 11.2. The van der Waals surface area contributed by atoms with Gasteiger partial charge in [-0.2, -0.15) is 0 Å². The lowest BCUT2D eigenvalue weighted by molar-refractivity contribution is 0.963. The first-order valence-electron chi connectivity index (χ1n) is 6.53. The number of rotatable bonds is 4. The van der Waals surface area contributed by atoms with Gasteiger partial charge in [-0.05, 0) is 55.5 Å². The second-order valence-electron chi connectivity index (χ2n) is 4.97. The van der Waals surface area contributed by atoms with Crippen LogP contribution in [-0.2, 0) is 12.8 Å². The molecule has 0 aliphatic heterocycles. The summed E-state index contributed by atoms with van der Waals surface area (Å²) in [6.45, 7) is 5.04. The van der Waals surface area contributed by atoms with Crippen LogP contribution in [-0.4, -0.2) is 6.54 Å². The van der Waals surface area contributed by atoms with E-state index in [9.17, 15) is 0 Å². The normalized spacial score (nSPS) is 10.6. The van der Waals surface area contributed by atoms with Crippen LogP contribution in [0, 0.1) is 13.8 Å². The Bertz CT molecular complexity index is 529. The van der Waals surface area contributed by atoms with E-state index in [-0.39, 0.29) is 0 Å². The van der Waals surface area contributed by atoms with Crippen molar-refractivity contribution in [2.45, 2.75) is 26.7 Å². The Morgan fingerprint density at radius 3 is 2.44 bits per heavy atom. The van der Waals surface area contributed by atoms with Crippen LogP contribution in [0.15, 0.2) is 42.5 Å². The van der Waals surface area contributed by atoms with E-state index < -0.39 is 0 Å². The number of aryl methyl sites for hydroxylation is 2. The van der Waals surface area contributed by atoms with Gasteiger partial charge in [0.15, 0.2) is 0 Å². The van der Waals surface area contributed by atoms with Crippen molar-refractivity contribution in [3.8, 4) is 0 Å². The molecule has 2 aromatic carbocycles. The van der Waals surface area contributed by atoms with E-state index in [0.717, 1.165) is 12.8 Å². The van der Waals surface area contributed by atoms with Crippen molar-refractivity contribution < 1.29 is 0 Å². The zero-order chi connectivity index (χ0) is 13.0. The van der Waals surface area contributed by atoms with Gasteiger partial charge in [-0.25, -0.2) is 0 Å². The second kappa shape index (κ2) is 5.83. The molecule has 0 aliphatic rings. The summed E-state index contributed by atoms with van der Waals surface area (Å²) >= 11 is 0. The molecule has 2 aromatic rings. The average Bonchev–Trinajstić information content (AvgIpc) is 2.34. The lowest BCUT2D eigenvalue weighted by Gasteiger charge is -2.08. The number of benzene rings is 2. The molecule has 2 rings (SSSR count). The van der Waals surface area contributed by atoms with Crippen LogP contribution in [0.25, 0.3) is 0 Å². The SMILES string of the molecule is Cc1ccc(Cc2cccc(CCN)c2)c(C)c1. The van der Waals surface area contributed by atoms with Gasteiger partial charge in [-0.3, -0.25) is 0 Å². The van der Waals surface area contributed by atoms with Crippen molar-refractivity contribution in [2.75, 3.05) is 6.54 Å². The highest BCUT2D eigenvalue weighted by molar-refractivity contribution is 5.35. The molecule has 94 valence electrons. The highest BCUT2D eigenvalue weighted by atomic mass is 14.5. The molecule has 0 unspecified atom stereocenters. The summed E-state index contributed by atoms with van der Waals surface area (Å²) < 4.78 is 0. The van der Waals surface area contributed by atoms with Gasteiger partial charge in [-0.1, -0.05) is 48.0 Å². The van der Waals surface area contributed by atoms with Crippen LogP contribution in [0.3, 0.4) is 0 Å². The van der Waals surface area contributed by atoms with Crippen molar-refractivity contribution >= 4 is 0 Å². The van der Waals surface area contributed by atoms with Crippen LogP contribution in [0.4, 0.5) is 0 Å². The average molecular weight is 239 g/mol. The van der Waals surface area contributed by atoms with Crippen LogP contribution >= 0.6 is 0 Å². The summed E-state index contributed by atoms with van der Waals surface area (Å²) in [4.78, 5) is 0. The first-order valence-corrected chi connectivity index (χ1v) is 6.53. The van der Waals surface area contributed by atoms with Gasteiger partial charge >= 0.3 is 0 Å². The van der Waals surface area contributed by atoms with E-state index in [0.29, 0.717) is 6.54 Å². The standard InChI is InChI=1S/C17H21N/c1-13-6-7-17(14(2)10-13)12-16-5-3-4-15(11-16)8-9-18/h3-7,10-11H,8-9,12,18H2,1-2H3. The fraction of sp³-hybridized carbons (Fsp3) is 0.294. The molecule has 0 atom stereocenters. The summed E-state index contributed by atoms with van der Waals surface area (Å²) in [6.07, 6.45) is 1.96. The second-order valence-corrected chi connectivity index (χ2v) is 4.97. The van der Waals surface area contributed by atoms with Gasteiger partial charge in [0, 0.05) is 0 Å². The predicted octanol–water partition coefficient (Wildman–Crippen LogP) is 3.40. The summed E-state index contributed by atoms with van der Waals surface area (Å²) in [7, 11) is 0. The Balaban J connectivity index is 2.20. The van der Waals surface area contributed by atoms with Crippen molar-refractivity contribution in [3.05, 3.63) is 70.3 Å². The molecule has 2 N–H and O–H groups in total. The van der Waals surface area contributed by atoms with E-state index >= 15 is 0 Å². The summed E-state index contributed by atoms with van der Waals surface area (Å²) in [5, 5.41) is 0. The molecule has 0 bridgehead atoms. The Kier molecular flexibility index (Phi) is 4.16. The minimum absolute atomic E-state index is 0.715. The summed E-state index contributed by atoms with van der Waals surface area (Å²) in [5.41, 5.74) is 12.4. The van der Waals surface area contributed by atoms with Gasteiger partial charge < -0.3 is 5.73 Å². The smallest absolute Gasteiger partial charge is 0.00230 e. The summed E-state index contributed by atoms with van der Waals surface area (Å²) in [6, 6.07) is 15.4. The third-order valence-corrected chi connectivity index (χ3v) is 3.32. The fourth-order valence-electron chi connectivity index (χ4n) is 2.33. The van der Waals surface area contributed by atoms with Crippen LogP contribution in [0.1, 0.15) is 27.8 Å². The fourth-order valence-corrected chi connectivity index (χ4v) is 2.33. The number of nitrogens with two attached hydrogens (primary N) is 1. The Hall–Kier alpha value is -1.60. The van der Waals surface area contributed by atoms with Crippen molar-refractivity contribution in [1.29, 1.82) is 0 Å². The lowest BCUT2D eigenvalue weighted by Crippen LogP contribution is -2.03. The number of hydrogen-bond acceptors (Lipinski definition) is 1. The van der Waals surface area contributed by atoms with E-state index in [1.54, 1.807) is 0 Å². The van der Waals surface area contributed by atoms with Crippen LogP contribution in [0.2, 0.25) is 0 Å². The van der Waals surface area contributed by atoms with Gasteiger partial charge in [0.1, 0.15) is 0 Å². The molecular weight excluding hydrogens is 218 g/mol. The van der Waals surface area contributed by atoms with Gasteiger partial charge in [0.25, 0.3) is 0 Å². The maximum Gasteiger partial charge on any atom is -0.00230 e. The Morgan fingerprint density at radius 2 is 1.72 bits per heavy atom. The Labute approximate surface area is 110 Å². The quantitative estimate of drug-likeness (QED) is 0.869. The van der Waals surface area contributed by atoms with Gasteiger partial charge in [0.2, 0.25) is 0 Å². The minimum Gasteiger partial charge on any atom is -0.330 e. The molecule has 0 heterocycles. The van der Waals surface area contributed by atoms with E-state index in [4.69, 9.17) is 5.73 Å². The predicted molar refractivity (Wildman–Crippen MR) is 77.9 cm³/mol. The lowest BCUT2D eigenvalue weighted by atomic mass is 9.97. The summed E-state index contributed by atoms with van der Waals surface area (Å²) in [5.74, 6) is 0. The van der Waals surface area contributed by atoms with E-state index in [1.165, 1.54) is 27.8 Å². The molecule has 18 heavy (non-hydrogen) atoms. The van der Waals surface area contributed by atoms with Gasteiger partial charge in [-0.15, -0.1) is 0 Å². The molecular formula is C17H21N. The molecule has 0 amide bonds. The molecule has 0 saturated carbocycles. The molecule has 1 heteroatoms. The third-order valence-electron chi connectivity index (χ3n) is 3.32.